The molecule has 2 heterocycles. The average Bonchev–Trinajstić information content (AvgIpc) is 2.51. The molecule has 2 rings (SSSR count). The number of hydrogen-bond acceptors (Lipinski definition) is 5. The van der Waals surface area contributed by atoms with Crippen LogP contribution in [0.15, 0.2) is 11.0 Å². The highest BCUT2D eigenvalue weighted by Crippen LogP contribution is 2.19. The van der Waals surface area contributed by atoms with Crippen LogP contribution in [0.25, 0.3) is 5.95 Å². The third-order valence-electron chi connectivity index (χ3n) is 2.67. The molecule has 0 aromatic carbocycles. The van der Waals surface area contributed by atoms with Crippen LogP contribution < -0.4 is 5.14 Å². The van der Waals surface area contributed by atoms with Crippen LogP contribution in [-0.4, -0.2) is 28.2 Å². The van der Waals surface area contributed by atoms with Gasteiger partial charge in [0.15, 0.2) is 0 Å². The normalized spacial score (nSPS) is 11.8. The molecule has 0 aliphatic carbocycles. The van der Waals surface area contributed by atoms with E-state index in [0.717, 1.165) is 11.4 Å². The SMILES string of the molecule is Cc1cc(C)nc(-n2nc(C)c(S(N)(=O)=O)c2C)n1. The molecule has 19 heavy (non-hydrogen) atoms. The largest absolute Gasteiger partial charge is 0.251 e. The first-order chi connectivity index (χ1) is 8.70. The fourth-order valence-electron chi connectivity index (χ4n) is 2.04. The number of rotatable bonds is 2. The second-order valence-corrected chi connectivity index (χ2v) is 5.91. The van der Waals surface area contributed by atoms with Gasteiger partial charge in [0.05, 0.1) is 11.4 Å². The minimum atomic E-state index is -3.81. The number of primary sulfonamides is 1. The topological polar surface area (TPSA) is 104 Å². The molecule has 0 amide bonds. The number of nitrogens with two attached hydrogens (primary N) is 1. The summed E-state index contributed by atoms with van der Waals surface area (Å²) in [6.07, 6.45) is 0. The van der Waals surface area contributed by atoms with Gasteiger partial charge in [-0.25, -0.2) is 28.2 Å². The molecule has 7 nitrogen and oxygen atoms in total. The zero-order chi connectivity index (χ0) is 14.4. The van der Waals surface area contributed by atoms with Crippen molar-refractivity contribution < 1.29 is 8.42 Å². The van der Waals surface area contributed by atoms with Crippen molar-refractivity contribution >= 4 is 10.0 Å². The van der Waals surface area contributed by atoms with Gasteiger partial charge in [0.2, 0.25) is 10.0 Å². The number of nitrogens with zero attached hydrogens (tertiary/aromatic N) is 4. The highest BCUT2D eigenvalue weighted by atomic mass is 32.2. The molecule has 0 atom stereocenters. The van der Waals surface area contributed by atoms with Gasteiger partial charge >= 0.3 is 0 Å². The van der Waals surface area contributed by atoms with Crippen molar-refractivity contribution in [3.63, 3.8) is 0 Å². The molecule has 0 spiro atoms. The van der Waals surface area contributed by atoms with E-state index in [4.69, 9.17) is 5.14 Å². The molecule has 0 saturated heterocycles. The maximum atomic E-state index is 11.5. The van der Waals surface area contributed by atoms with Crippen molar-refractivity contribution in [3.05, 3.63) is 28.8 Å². The number of hydrogen-bond donors (Lipinski definition) is 1. The fourth-order valence-corrected chi connectivity index (χ4v) is 2.99. The van der Waals surface area contributed by atoms with Gasteiger partial charge < -0.3 is 0 Å². The Morgan fingerprint density at radius 3 is 2.05 bits per heavy atom. The highest BCUT2D eigenvalue weighted by Gasteiger charge is 2.22. The van der Waals surface area contributed by atoms with Crippen LogP contribution in [0.4, 0.5) is 0 Å². The van der Waals surface area contributed by atoms with Crippen molar-refractivity contribution in [3.8, 4) is 5.95 Å². The Balaban J connectivity index is 2.72. The van der Waals surface area contributed by atoms with E-state index in [-0.39, 0.29) is 4.90 Å². The summed E-state index contributed by atoms with van der Waals surface area (Å²) in [7, 11) is -3.81. The second-order valence-electron chi connectivity index (χ2n) is 4.41. The molecule has 0 bridgehead atoms. The minimum Gasteiger partial charge on any atom is -0.225 e. The van der Waals surface area contributed by atoms with Crippen LogP contribution in [0.5, 0.6) is 0 Å². The lowest BCUT2D eigenvalue weighted by Crippen LogP contribution is -2.14. The van der Waals surface area contributed by atoms with Crippen molar-refractivity contribution in [1.82, 2.24) is 19.7 Å². The van der Waals surface area contributed by atoms with Crippen LogP contribution in [0.1, 0.15) is 22.8 Å². The lowest BCUT2D eigenvalue weighted by Gasteiger charge is -2.05. The molecule has 0 aliphatic rings. The Morgan fingerprint density at radius 1 is 1.11 bits per heavy atom. The first-order valence-electron chi connectivity index (χ1n) is 5.62. The number of sulfonamides is 1. The van der Waals surface area contributed by atoms with Gasteiger partial charge in [-0.05, 0) is 33.8 Å². The molecular formula is C11H15N5O2S. The lowest BCUT2D eigenvalue weighted by atomic mass is 10.3. The molecule has 2 aromatic rings. The molecule has 0 radical (unpaired) electrons. The van der Waals surface area contributed by atoms with Crippen LogP contribution >= 0.6 is 0 Å². The smallest absolute Gasteiger partial charge is 0.225 e. The van der Waals surface area contributed by atoms with E-state index in [1.807, 2.05) is 19.9 Å². The van der Waals surface area contributed by atoms with E-state index < -0.39 is 10.0 Å². The van der Waals surface area contributed by atoms with E-state index in [1.54, 1.807) is 13.8 Å². The van der Waals surface area contributed by atoms with E-state index in [2.05, 4.69) is 15.1 Å². The molecular weight excluding hydrogens is 266 g/mol. The summed E-state index contributed by atoms with van der Waals surface area (Å²) >= 11 is 0. The Hall–Kier alpha value is -1.80. The summed E-state index contributed by atoms with van der Waals surface area (Å²) < 4.78 is 24.5. The van der Waals surface area contributed by atoms with Gasteiger partial charge in [-0.15, -0.1) is 0 Å². The Bertz CT molecular complexity index is 728. The van der Waals surface area contributed by atoms with Gasteiger partial charge in [-0.3, -0.25) is 0 Å². The monoisotopic (exact) mass is 281 g/mol. The van der Waals surface area contributed by atoms with Crippen LogP contribution in [0.3, 0.4) is 0 Å². The Kier molecular flexibility index (Phi) is 3.15. The maximum absolute atomic E-state index is 11.5. The molecule has 0 fully saturated rings. The van der Waals surface area contributed by atoms with Crippen molar-refractivity contribution in [2.45, 2.75) is 32.6 Å². The summed E-state index contributed by atoms with van der Waals surface area (Å²) in [5.74, 6) is 0.341. The summed E-state index contributed by atoms with van der Waals surface area (Å²) in [5, 5.41) is 9.35. The summed E-state index contributed by atoms with van der Waals surface area (Å²) in [6, 6.07) is 1.83. The Morgan fingerprint density at radius 2 is 1.63 bits per heavy atom. The van der Waals surface area contributed by atoms with Gasteiger partial charge in [0.25, 0.3) is 5.95 Å². The number of aromatic nitrogens is 4. The number of aryl methyl sites for hydroxylation is 3. The zero-order valence-electron chi connectivity index (χ0n) is 11.2. The minimum absolute atomic E-state index is 0.0234. The quantitative estimate of drug-likeness (QED) is 0.865. The maximum Gasteiger partial charge on any atom is 0.251 e. The fraction of sp³-hybridized carbons (Fsp3) is 0.364. The summed E-state index contributed by atoms with van der Waals surface area (Å²) in [5.41, 5.74) is 2.31. The molecule has 0 unspecified atom stereocenters. The molecule has 2 N–H and O–H groups in total. The van der Waals surface area contributed by atoms with E-state index in [1.165, 1.54) is 4.68 Å². The average molecular weight is 281 g/mol. The Labute approximate surface area is 111 Å². The van der Waals surface area contributed by atoms with E-state index in [0.29, 0.717) is 17.3 Å². The van der Waals surface area contributed by atoms with Crippen molar-refractivity contribution in [2.24, 2.45) is 5.14 Å². The summed E-state index contributed by atoms with van der Waals surface area (Å²) in [4.78, 5) is 8.53. The zero-order valence-corrected chi connectivity index (χ0v) is 12.0. The standard InChI is InChI=1S/C11H15N5O2S/c1-6-5-7(2)14-11(13-6)16-9(4)10(8(3)15-16)19(12,17)18/h5H,1-4H3,(H2,12,17,18). The van der Waals surface area contributed by atoms with Crippen molar-refractivity contribution in [1.29, 1.82) is 0 Å². The first-order valence-corrected chi connectivity index (χ1v) is 7.16. The van der Waals surface area contributed by atoms with Crippen LogP contribution in [0.2, 0.25) is 0 Å². The first kappa shape index (κ1) is 13.6. The predicted molar refractivity (Wildman–Crippen MR) is 69.5 cm³/mol. The molecule has 2 aromatic heterocycles. The van der Waals surface area contributed by atoms with Crippen LogP contribution in [-0.2, 0) is 10.0 Å². The predicted octanol–water partition coefficient (Wildman–Crippen LogP) is 0.543. The van der Waals surface area contributed by atoms with Gasteiger partial charge in [-0.2, -0.15) is 5.10 Å². The van der Waals surface area contributed by atoms with E-state index in [9.17, 15) is 8.42 Å². The molecule has 8 heteroatoms. The van der Waals surface area contributed by atoms with Gasteiger partial charge in [-0.1, -0.05) is 0 Å². The molecule has 102 valence electrons. The summed E-state index contributed by atoms with van der Waals surface area (Å²) in [6.45, 7) is 6.89. The van der Waals surface area contributed by atoms with Gasteiger partial charge in [0.1, 0.15) is 4.90 Å². The third kappa shape index (κ3) is 2.49. The van der Waals surface area contributed by atoms with Crippen molar-refractivity contribution in [2.75, 3.05) is 0 Å². The van der Waals surface area contributed by atoms with Crippen LogP contribution in [0, 0.1) is 27.7 Å². The third-order valence-corrected chi connectivity index (χ3v) is 3.83. The lowest BCUT2D eigenvalue weighted by molar-refractivity contribution is 0.596. The van der Waals surface area contributed by atoms with E-state index >= 15 is 0 Å². The van der Waals surface area contributed by atoms with Gasteiger partial charge in [0, 0.05) is 11.4 Å². The molecule has 0 saturated carbocycles. The molecule has 0 aliphatic heterocycles. The second kappa shape index (κ2) is 4.39. The highest BCUT2D eigenvalue weighted by molar-refractivity contribution is 7.89.